The molecule has 88 valence electrons. The first-order valence-electron chi connectivity index (χ1n) is 3.41. The van der Waals surface area contributed by atoms with Crippen LogP contribution < -0.4 is 68.7 Å². The molecule has 0 spiro atoms. The SMILES string of the molecule is C[Si](C)(C)[O-].C[Si](C)(C)[O-].O.O.O.[Na+].[Na+]. The van der Waals surface area contributed by atoms with Crippen LogP contribution in [0.4, 0.5) is 0 Å². The summed E-state index contributed by atoms with van der Waals surface area (Å²) in [6.45, 7) is 10.6. The van der Waals surface area contributed by atoms with Crippen LogP contribution in [0.3, 0.4) is 0 Å². The van der Waals surface area contributed by atoms with Crippen molar-refractivity contribution in [1.29, 1.82) is 0 Å². The minimum Gasteiger partial charge on any atom is -0.859 e. The summed E-state index contributed by atoms with van der Waals surface area (Å²) in [5, 5.41) is 0. The first-order valence-corrected chi connectivity index (χ1v) is 10.2. The molecule has 0 aliphatic heterocycles. The van der Waals surface area contributed by atoms with Crippen LogP contribution in [0.25, 0.3) is 0 Å². The Balaban J connectivity index is -0.0000000128. The molecule has 0 atom stereocenters. The fraction of sp³-hybridized carbons (Fsp3) is 1.00. The van der Waals surface area contributed by atoms with Crippen molar-refractivity contribution in [2.45, 2.75) is 39.3 Å². The molecule has 0 aliphatic rings. The van der Waals surface area contributed by atoms with Crippen molar-refractivity contribution in [3.63, 3.8) is 0 Å². The third kappa shape index (κ3) is 659. The van der Waals surface area contributed by atoms with Crippen LogP contribution in [-0.4, -0.2) is 33.1 Å². The second-order valence-electron chi connectivity index (χ2n) is 4.22. The maximum atomic E-state index is 10.2. The minimum absolute atomic E-state index is 0. The van der Waals surface area contributed by atoms with Crippen molar-refractivity contribution in [1.82, 2.24) is 0 Å². The van der Waals surface area contributed by atoms with Crippen molar-refractivity contribution in [3.05, 3.63) is 0 Å². The molecule has 0 rings (SSSR count). The molecule has 0 fully saturated rings. The zero-order valence-corrected chi connectivity index (χ0v) is 17.3. The molecule has 0 aromatic heterocycles. The van der Waals surface area contributed by atoms with Crippen LogP contribution in [0.15, 0.2) is 0 Å². The van der Waals surface area contributed by atoms with E-state index in [1.165, 1.54) is 0 Å². The van der Waals surface area contributed by atoms with Crippen molar-refractivity contribution in [3.8, 4) is 0 Å². The average Bonchev–Trinajstić information content (AvgIpc) is 1.12. The zero-order valence-electron chi connectivity index (χ0n) is 11.3. The molecule has 0 saturated heterocycles. The van der Waals surface area contributed by atoms with Gasteiger partial charge in [-0.3, -0.25) is 0 Å². The van der Waals surface area contributed by atoms with E-state index in [0.717, 1.165) is 0 Å². The summed E-state index contributed by atoms with van der Waals surface area (Å²) >= 11 is 0. The molecule has 0 heterocycles. The van der Waals surface area contributed by atoms with Crippen LogP contribution in [0, 0.1) is 0 Å². The van der Waals surface area contributed by atoms with Crippen LogP contribution in [0.5, 0.6) is 0 Å². The standard InChI is InChI=1S/2C3H9OSi.2Na.3H2O/c2*1-5(2,3)4;;;;;/h2*1-3H3;;;3*1H2/q2*-1;2*+1;;;. The molecule has 0 aliphatic carbocycles. The Hall–Kier alpha value is 2.23. The van der Waals surface area contributed by atoms with Gasteiger partial charge in [0.25, 0.3) is 0 Å². The van der Waals surface area contributed by atoms with Gasteiger partial charge in [0.05, 0.1) is 0 Å². The van der Waals surface area contributed by atoms with Gasteiger partial charge >= 0.3 is 59.1 Å². The largest absolute Gasteiger partial charge is 1.00 e. The topological polar surface area (TPSA) is 141 Å². The second kappa shape index (κ2) is 18.6. The first-order chi connectivity index (χ1) is 4.00. The molecule has 0 amide bonds. The molecule has 0 unspecified atom stereocenters. The van der Waals surface area contributed by atoms with Crippen LogP contribution >= 0.6 is 0 Å². The van der Waals surface area contributed by atoms with Gasteiger partial charge in [-0.15, -0.1) is 0 Å². The summed E-state index contributed by atoms with van der Waals surface area (Å²) in [7, 11) is -3.72. The summed E-state index contributed by atoms with van der Waals surface area (Å²) in [6.07, 6.45) is 0. The molecular formula is C6H24Na2O5Si2. The van der Waals surface area contributed by atoms with Gasteiger partial charge in [0, 0.05) is 0 Å². The van der Waals surface area contributed by atoms with Gasteiger partial charge in [0.2, 0.25) is 0 Å². The summed E-state index contributed by atoms with van der Waals surface area (Å²) in [5.41, 5.74) is 0. The number of hydrogen-bond acceptors (Lipinski definition) is 2. The third-order valence-corrected chi connectivity index (χ3v) is 0. The van der Waals surface area contributed by atoms with Gasteiger partial charge in [-0.1, -0.05) is 55.9 Å². The Kier molecular flexibility index (Phi) is 53.8. The van der Waals surface area contributed by atoms with Crippen LogP contribution in [-0.2, 0) is 0 Å². The van der Waals surface area contributed by atoms with E-state index in [0.29, 0.717) is 0 Å². The maximum Gasteiger partial charge on any atom is 1.00 e. The Morgan fingerprint density at radius 3 is 0.533 bits per heavy atom. The van der Waals surface area contributed by atoms with Gasteiger partial charge in [-0.2, -0.15) is 0 Å². The predicted molar refractivity (Wildman–Crippen MR) is 57.5 cm³/mol. The molecule has 5 nitrogen and oxygen atoms in total. The van der Waals surface area contributed by atoms with E-state index >= 15 is 0 Å². The Morgan fingerprint density at radius 1 is 0.533 bits per heavy atom. The summed E-state index contributed by atoms with van der Waals surface area (Å²) < 4.78 is 0. The quantitative estimate of drug-likeness (QED) is 0.406. The summed E-state index contributed by atoms with van der Waals surface area (Å²) in [6, 6.07) is 0. The van der Waals surface area contributed by atoms with Gasteiger partial charge in [0.15, 0.2) is 0 Å². The van der Waals surface area contributed by atoms with E-state index in [9.17, 15) is 9.59 Å². The van der Waals surface area contributed by atoms with Crippen molar-refractivity contribution >= 4 is 16.6 Å². The Bertz CT molecular complexity index is 70.5. The average molecular weight is 278 g/mol. The zero-order chi connectivity index (χ0) is 9.00. The molecule has 0 saturated carbocycles. The van der Waals surface area contributed by atoms with E-state index in [-0.39, 0.29) is 75.5 Å². The van der Waals surface area contributed by atoms with E-state index in [1.807, 2.05) is 0 Å². The van der Waals surface area contributed by atoms with E-state index < -0.39 is 16.6 Å². The van der Waals surface area contributed by atoms with Crippen LogP contribution in [0.2, 0.25) is 39.3 Å². The smallest absolute Gasteiger partial charge is 0.859 e. The molecule has 9 heteroatoms. The molecule has 0 aromatic carbocycles. The first kappa shape index (κ1) is 43.4. The Labute approximate surface area is 139 Å². The Morgan fingerprint density at radius 2 is 0.533 bits per heavy atom. The second-order valence-corrected chi connectivity index (χ2v) is 12.7. The molecule has 6 N–H and O–H groups in total. The predicted octanol–water partition coefficient (Wildman–Crippen LogP) is -8.10. The molecule has 0 radical (unpaired) electrons. The summed E-state index contributed by atoms with van der Waals surface area (Å²) in [4.78, 5) is 20.5. The molecule has 15 heavy (non-hydrogen) atoms. The monoisotopic (exact) mass is 278 g/mol. The van der Waals surface area contributed by atoms with Crippen molar-refractivity contribution in [2.24, 2.45) is 0 Å². The van der Waals surface area contributed by atoms with Crippen LogP contribution in [0.1, 0.15) is 0 Å². The van der Waals surface area contributed by atoms with E-state index in [1.54, 1.807) is 39.3 Å². The fourth-order valence-electron chi connectivity index (χ4n) is 0. The number of rotatable bonds is 0. The van der Waals surface area contributed by atoms with Gasteiger partial charge < -0.3 is 26.0 Å². The van der Waals surface area contributed by atoms with Gasteiger partial charge in [-0.05, 0) is 0 Å². The van der Waals surface area contributed by atoms with Crippen molar-refractivity contribution in [2.75, 3.05) is 0 Å². The van der Waals surface area contributed by atoms with Gasteiger partial charge in [-0.25, -0.2) is 0 Å². The summed E-state index contributed by atoms with van der Waals surface area (Å²) in [5.74, 6) is 0. The normalized spacial score (nSPS) is 8.00. The van der Waals surface area contributed by atoms with Gasteiger partial charge in [0.1, 0.15) is 0 Å². The van der Waals surface area contributed by atoms with E-state index in [2.05, 4.69) is 0 Å². The minimum atomic E-state index is -1.86. The molecular weight excluding hydrogens is 254 g/mol. The van der Waals surface area contributed by atoms with E-state index in [4.69, 9.17) is 0 Å². The third-order valence-electron chi connectivity index (χ3n) is 0. The maximum absolute atomic E-state index is 10.2. The van der Waals surface area contributed by atoms with Crippen molar-refractivity contribution < 1.29 is 85.1 Å². The molecule has 0 bridgehead atoms. The fourth-order valence-corrected chi connectivity index (χ4v) is 0. The number of hydrogen-bond donors (Lipinski definition) is 0. The molecule has 0 aromatic rings.